The van der Waals surface area contributed by atoms with E-state index in [1.807, 2.05) is 32.6 Å². The van der Waals surface area contributed by atoms with Gasteiger partial charge in [0.1, 0.15) is 12.3 Å². The number of nitrogens with zero attached hydrogens (tertiary/aromatic N) is 2. The minimum Gasteiger partial charge on any atom is -0.333 e. The number of imidazole rings is 1. The lowest BCUT2D eigenvalue weighted by atomic mass is 10.4. The topological polar surface area (TPSA) is 18.0 Å². The van der Waals surface area contributed by atoms with E-state index >= 15 is 0 Å². The molecule has 0 bridgehead atoms. The van der Waals surface area contributed by atoms with Crippen molar-refractivity contribution in [3.05, 3.63) is 18.7 Å². The molecule has 3 heteroatoms. The van der Waals surface area contributed by atoms with Gasteiger partial charge >= 0.3 is 0 Å². The molecule has 1 heterocycles. The molecule has 0 aliphatic heterocycles. The second kappa shape index (κ2) is 3.61. The summed E-state index contributed by atoms with van der Waals surface area (Å²) in [5.41, 5.74) is 0. The first-order valence-corrected chi connectivity index (χ1v) is 4.35. The first-order valence-electron chi connectivity index (χ1n) is 4.35. The normalized spacial score (nSPS) is 11.2. The lowest BCUT2D eigenvalue weighted by molar-refractivity contribution is -0.716. The van der Waals surface area contributed by atoms with Crippen molar-refractivity contribution in [3.8, 4) is 0 Å². The highest BCUT2D eigenvalue weighted by atomic mass is 16.7. The summed E-state index contributed by atoms with van der Waals surface area (Å²) in [5.74, 6) is 0. The van der Waals surface area contributed by atoms with Gasteiger partial charge < -0.3 is 4.84 Å². The van der Waals surface area contributed by atoms with Crippen LogP contribution < -0.4 is 9.40 Å². The zero-order chi connectivity index (χ0) is 9.14. The van der Waals surface area contributed by atoms with Crippen molar-refractivity contribution in [1.82, 2.24) is 4.73 Å². The van der Waals surface area contributed by atoms with Crippen molar-refractivity contribution in [2.45, 2.75) is 39.8 Å². The van der Waals surface area contributed by atoms with E-state index in [2.05, 4.69) is 18.4 Å². The molecule has 0 saturated carbocycles. The van der Waals surface area contributed by atoms with Crippen LogP contribution in [-0.2, 0) is 0 Å². The van der Waals surface area contributed by atoms with Crippen LogP contribution in [0.25, 0.3) is 0 Å². The molecule has 0 unspecified atom stereocenters. The Morgan fingerprint density at radius 3 is 2.33 bits per heavy atom. The Morgan fingerprint density at radius 2 is 1.92 bits per heavy atom. The first-order chi connectivity index (χ1) is 5.59. The van der Waals surface area contributed by atoms with Crippen LogP contribution in [0.5, 0.6) is 0 Å². The van der Waals surface area contributed by atoms with Crippen LogP contribution in [-0.4, -0.2) is 10.8 Å². The number of hydrogen-bond acceptors (Lipinski definition) is 1. The van der Waals surface area contributed by atoms with Gasteiger partial charge in [0.2, 0.25) is 0 Å². The third-order valence-corrected chi connectivity index (χ3v) is 1.56. The molecule has 1 rings (SSSR count). The van der Waals surface area contributed by atoms with E-state index in [0.717, 1.165) is 0 Å². The second-order valence-corrected chi connectivity index (χ2v) is 3.47. The molecule has 0 radical (unpaired) electrons. The van der Waals surface area contributed by atoms with Gasteiger partial charge in [-0.3, -0.25) is 0 Å². The van der Waals surface area contributed by atoms with Gasteiger partial charge in [0.15, 0.2) is 6.20 Å². The quantitative estimate of drug-likeness (QED) is 0.622. The zero-order valence-electron chi connectivity index (χ0n) is 8.19. The van der Waals surface area contributed by atoms with Crippen molar-refractivity contribution in [2.75, 3.05) is 0 Å². The molecule has 1 aromatic heterocycles. The third kappa shape index (κ3) is 2.26. The summed E-state index contributed by atoms with van der Waals surface area (Å²) in [6, 6.07) is 0.488. The van der Waals surface area contributed by atoms with E-state index in [9.17, 15) is 0 Å². The highest BCUT2D eigenvalue weighted by molar-refractivity contribution is 4.62. The lowest BCUT2D eigenvalue weighted by Gasteiger charge is -2.02. The van der Waals surface area contributed by atoms with Crippen molar-refractivity contribution < 1.29 is 9.40 Å². The molecule has 0 amide bonds. The average molecular weight is 169 g/mol. The lowest BCUT2D eigenvalue weighted by Crippen LogP contribution is -2.34. The molecular formula is C9H17N2O+. The molecular weight excluding hydrogens is 152 g/mol. The molecule has 0 aliphatic carbocycles. The predicted octanol–water partition coefficient (Wildman–Crippen LogP) is 1.19. The maximum atomic E-state index is 5.44. The minimum absolute atomic E-state index is 0.220. The van der Waals surface area contributed by atoms with Crippen LogP contribution in [0, 0.1) is 0 Å². The number of aromatic nitrogens is 2. The van der Waals surface area contributed by atoms with Gasteiger partial charge in [0.25, 0.3) is 6.33 Å². The summed E-state index contributed by atoms with van der Waals surface area (Å²) in [7, 11) is 0. The van der Waals surface area contributed by atoms with Gasteiger partial charge in [0.05, 0.1) is 6.04 Å². The fourth-order valence-electron chi connectivity index (χ4n) is 0.962. The highest BCUT2D eigenvalue weighted by Crippen LogP contribution is 1.91. The summed E-state index contributed by atoms with van der Waals surface area (Å²) >= 11 is 0. The smallest absolute Gasteiger partial charge is 0.284 e. The fourth-order valence-corrected chi connectivity index (χ4v) is 0.962. The van der Waals surface area contributed by atoms with Crippen LogP contribution in [0.2, 0.25) is 0 Å². The SMILES string of the molecule is CC(C)On1cc[n+](C(C)C)c1. The molecule has 3 nitrogen and oxygen atoms in total. The van der Waals surface area contributed by atoms with Crippen LogP contribution in [0.3, 0.4) is 0 Å². The van der Waals surface area contributed by atoms with E-state index in [-0.39, 0.29) is 6.10 Å². The Labute approximate surface area is 73.5 Å². The Balaban J connectivity index is 2.64. The molecule has 0 saturated heterocycles. The molecule has 0 spiro atoms. The maximum absolute atomic E-state index is 5.44. The zero-order valence-corrected chi connectivity index (χ0v) is 8.19. The Hall–Kier alpha value is -0.990. The third-order valence-electron chi connectivity index (χ3n) is 1.56. The van der Waals surface area contributed by atoms with E-state index in [1.165, 1.54) is 0 Å². The van der Waals surface area contributed by atoms with Gasteiger partial charge in [-0.2, -0.15) is 0 Å². The van der Waals surface area contributed by atoms with Gasteiger partial charge in [-0.25, -0.2) is 4.57 Å². The monoisotopic (exact) mass is 169 g/mol. The van der Waals surface area contributed by atoms with Gasteiger partial charge in [-0.1, -0.05) is 4.73 Å². The molecule has 0 fully saturated rings. The Morgan fingerprint density at radius 1 is 1.25 bits per heavy atom. The van der Waals surface area contributed by atoms with E-state index in [4.69, 9.17) is 4.84 Å². The average Bonchev–Trinajstić information content (AvgIpc) is 2.34. The maximum Gasteiger partial charge on any atom is 0.284 e. The molecule has 12 heavy (non-hydrogen) atoms. The van der Waals surface area contributed by atoms with E-state index in [0.29, 0.717) is 6.04 Å². The van der Waals surface area contributed by atoms with Crippen LogP contribution in [0.4, 0.5) is 0 Å². The summed E-state index contributed by atoms with van der Waals surface area (Å²) < 4.78 is 3.84. The van der Waals surface area contributed by atoms with E-state index in [1.54, 1.807) is 4.73 Å². The van der Waals surface area contributed by atoms with Crippen molar-refractivity contribution >= 4 is 0 Å². The van der Waals surface area contributed by atoms with Crippen LogP contribution >= 0.6 is 0 Å². The first kappa shape index (κ1) is 9.10. The number of rotatable bonds is 3. The van der Waals surface area contributed by atoms with Crippen LogP contribution in [0.15, 0.2) is 18.7 Å². The molecule has 0 N–H and O–H groups in total. The van der Waals surface area contributed by atoms with Gasteiger partial charge in [-0.15, -0.1) is 0 Å². The van der Waals surface area contributed by atoms with Crippen LogP contribution in [0.1, 0.15) is 33.7 Å². The standard InChI is InChI=1S/C9H17N2O/c1-8(2)10-5-6-11(7-10)12-9(3)4/h5-9H,1-4H3/q+1. The molecule has 1 aromatic rings. The minimum atomic E-state index is 0.220. The molecule has 0 atom stereocenters. The molecule has 0 aromatic carbocycles. The molecule has 0 aliphatic rings. The van der Waals surface area contributed by atoms with Gasteiger partial charge in [-0.05, 0) is 27.7 Å². The van der Waals surface area contributed by atoms with Crippen molar-refractivity contribution in [3.63, 3.8) is 0 Å². The largest absolute Gasteiger partial charge is 0.333 e. The Bertz CT molecular complexity index is 240. The fraction of sp³-hybridized carbons (Fsp3) is 0.667. The summed E-state index contributed by atoms with van der Waals surface area (Å²) in [5, 5.41) is 0. The summed E-state index contributed by atoms with van der Waals surface area (Å²) in [4.78, 5) is 5.44. The second-order valence-electron chi connectivity index (χ2n) is 3.47. The van der Waals surface area contributed by atoms with Crippen molar-refractivity contribution in [2.24, 2.45) is 0 Å². The summed E-state index contributed by atoms with van der Waals surface area (Å²) in [6.07, 6.45) is 6.09. The highest BCUT2D eigenvalue weighted by Gasteiger charge is 2.08. The van der Waals surface area contributed by atoms with Gasteiger partial charge in [0, 0.05) is 0 Å². The number of hydrogen-bond donors (Lipinski definition) is 0. The van der Waals surface area contributed by atoms with E-state index < -0.39 is 0 Å². The summed E-state index contributed by atoms with van der Waals surface area (Å²) in [6.45, 7) is 8.30. The molecule has 68 valence electrons. The Kier molecular flexibility index (Phi) is 2.74. The predicted molar refractivity (Wildman–Crippen MR) is 46.7 cm³/mol. The van der Waals surface area contributed by atoms with Crippen molar-refractivity contribution in [1.29, 1.82) is 0 Å².